The molecule has 2 aromatic rings. The fourth-order valence-corrected chi connectivity index (χ4v) is 2.09. The van der Waals surface area contributed by atoms with Gasteiger partial charge in [0.2, 0.25) is 5.95 Å². The van der Waals surface area contributed by atoms with Gasteiger partial charge in [0.05, 0.1) is 6.54 Å². The molecular formula is C16H19N5O2. The van der Waals surface area contributed by atoms with Crippen molar-refractivity contribution in [2.24, 2.45) is 0 Å². The van der Waals surface area contributed by atoms with Gasteiger partial charge in [-0.3, -0.25) is 9.78 Å². The number of carbonyl (C=O) groups is 1. The third-order valence-corrected chi connectivity index (χ3v) is 3.48. The van der Waals surface area contributed by atoms with Gasteiger partial charge in [0.25, 0.3) is 5.56 Å². The third kappa shape index (κ3) is 4.03. The highest BCUT2D eigenvalue weighted by molar-refractivity contribution is 5.83. The number of benzene rings is 1. The Labute approximate surface area is 133 Å². The summed E-state index contributed by atoms with van der Waals surface area (Å²) in [6.45, 7) is 4.58. The van der Waals surface area contributed by atoms with E-state index >= 15 is 0 Å². The van der Waals surface area contributed by atoms with E-state index in [4.69, 9.17) is 5.41 Å². The van der Waals surface area contributed by atoms with Gasteiger partial charge in [-0.05, 0) is 30.5 Å². The molecular weight excluding hydrogens is 294 g/mol. The minimum absolute atomic E-state index is 0.0129. The van der Waals surface area contributed by atoms with Gasteiger partial charge in [-0.2, -0.15) is 0 Å². The van der Waals surface area contributed by atoms with Gasteiger partial charge < -0.3 is 20.8 Å². The lowest BCUT2D eigenvalue weighted by Crippen LogP contribution is -2.21. The van der Waals surface area contributed by atoms with Gasteiger partial charge in [0.1, 0.15) is 17.7 Å². The number of aromatic amines is 1. The lowest BCUT2D eigenvalue weighted by atomic mass is 10.1. The summed E-state index contributed by atoms with van der Waals surface area (Å²) in [6, 6.07) is 6.11. The fraction of sp³-hybridized carbons (Fsp3) is 0.250. The van der Waals surface area contributed by atoms with Gasteiger partial charge in [-0.1, -0.05) is 18.2 Å². The van der Waals surface area contributed by atoms with E-state index in [1.807, 2.05) is 26.0 Å². The topological polar surface area (TPSA) is 111 Å². The van der Waals surface area contributed by atoms with Gasteiger partial charge in [0.15, 0.2) is 0 Å². The van der Waals surface area contributed by atoms with Crippen LogP contribution in [0, 0.1) is 19.3 Å². The predicted molar refractivity (Wildman–Crippen MR) is 90.5 cm³/mol. The van der Waals surface area contributed by atoms with E-state index in [2.05, 4.69) is 26.7 Å². The van der Waals surface area contributed by atoms with E-state index < -0.39 is 5.56 Å². The maximum atomic E-state index is 12.0. The van der Waals surface area contributed by atoms with Crippen LogP contribution in [-0.2, 0) is 11.3 Å². The second kappa shape index (κ2) is 7.35. The minimum Gasteiger partial charge on any atom is -0.372 e. The highest BCUT2D eigenvalue weighted by Gasteiger charge is 2.09. The zero-order chi connectivity index (χ0) is 16.8. The van der Waals surface area contributed by atoms with Crippen molar-refractivity contribution in [1.82, 2.24) is 9.97 Å². The molecule has 2 rings (SSSR count). The van der Waals surface area contributed by atoms with E-state index in [1.54, 1.807) is 0 Å². The minimum atomic E-state index is -0.428. The number of carbonyl (C=O) groups excluding carboxylic acids is 1. The SMILES string of the molecule is Cc1ccc(CNc2nc(C=N)c(NCC=O)c(=O)[nH]2)cc1C. The number of nitrogens with zero attached hydrogens (tertiary/aromatic N) is 1. The Morgan fingerprint density at radius 2 is 2.04 bits per heavy atom. The van der Waals surface area contributed by atoms with Crippen molar-refractivity contribution in [1.29, 1.82) is 5.41 Å². The van der Waals surface area contributed by atoms with Gasteiger partial charge in [-0.15, -0.1) is 0 Å². The van der Waals surface area contributed by atoms with Crippen LogP contribution in [0.1, 0.15) is 22.4 Å². The Morgan fingerprint density at radius 3 is 2.70 bits per heavy atom. The molecule has 0 saturated carbocycles. The van der Waals surface area contributed by atoms with Crippen molar-refractivity contribution < 1.29 is 4.79 Å². The summed E-state index contributed by atoms with van der Waals surface area (Å²) in [5.41, 5.74) is 3.34. The lowest BCUT2D eigenvalue weighted by Gasteiger charge is -2.10. The molecule has 7 nitrogen and oxygen atoms in total. The van der Waals surface area contributed by atoms with E-state index in [-0.39, 0.29) is 23.9 Å². The first kappa shape index (κ1) is 16.4. The fourth-order valence-electron chi connectivity index (χ4n) is 2.09. The van der Waals surface area contributed by atoms with Crippen LogP contribution in [0.5, 0.6) is 0 Å². The smallest absolute Gasteiger partial charge is 0.276 e. The van der Waals surface area contributed by atoms with Crippen LogP contribution in [0.2, 0.25) is 0 Å². The molecule has 1 aromatic carbocycles. The van der Waals surface area contributed by atoms with E-state index in [0.717, 1.165) is 11.8 Å². The summed E-state index contributed by atoms with van der Waals surface area (Å²) in [5, 5.41) is 13.0. The maximum Gasteiger partial charge on any atom is 0.276 e. The molecule has 0 unspecified atom stereocenters. The molecule has 7 heteroatoms. The molecule has 0 aliphatic rings. The monoisotopic (exact) mass is 313 g/mol. The Morgan fingerprint density at radius 1 is 1.26 bits per heavy atom. The summed E-state index contributed by atoms with van der Waals surface area (Å²) >= 11 is 0. The second-order valence-electron chi connectivity index (χ2n) is 5.14. The average molecular weight is 313 g/mol. The molecule has 0 fully saturated rings. The first-order valence-corrected chi connectivity index (χ1v) is 7.17. The molecule has 0 bridgehead atoms. The molecule has 4 N–H and O–H groups in total. The average Bonchev–Trinajstić information content (AvgIpc) is 2.54. The number of aromatic nitrogens is 2. The molecule has 0 aliphatic carbocycles. The number of nitrogens with one attached hydrogen (secondary N) is 4. The lowest BCUT2D eigenvalue weighted by molar-refractivity contribution is -0.106. The van der Waals surface area contributed by atoms with Crippen LogP contribution in [0.4, 0.5) is 11.6 Å². The van der Waals surface area contributed by atoms with Gasteiger partial charge in [-0.25, -0.2) is 4.98 Å². The molecule has 23 heavy (non-hydrogen) atoms. The van der Waals surface area contributed by atoms with Crippen LogP contribution >= 0.6 is 0 Å². The number of hydrogen-bond donors (Lipinski definition) is 4. The number of rotatable bonds is 7. The largest absolute Gasteiger partial charge is 0.372 e. The van der Waals surface area contributed by atoms with Gasteiger partial charge in [0, 0.05) is 12.8 Å². The highest BCUT2D eigenvalue weighted by Crippen LogP contribution is 2.12. The zero-order valence-electron chi connectivity index (χ0n) is 13.1. The molecule has 1 aromatic heterocycles. The predicted octanol–water partition coefficient (Wildman–Crippen LogP) is 1.61. The number of anilines is 2. The Balaban J connectivity index is 2.18. The number of aldehydes is 1. The normalized spacial score (nSPS) is 10.2. The molecule has 0 aliphatic heterocycles. The van der Waals surface area contributed by atoms with Crippen LogP contribution in [0.15, 0.2) is 23.0 Å². The molecule has 0 radical (unpaired) electrons. The Hall–Kier alpha value is -2.96. The number of hydrogen-bond acceptors (Lipinski definition) is 6. The van der Waals surface area contributed by atoms with Crippen molar-refractivity contribution in [2.45, 2.75) is 20.4 Å². The molecule has 0 atom stereocenters. The number of H-pyrrole nitrogens is 1. The summed E-state index contributed by atoms with van der Waals surface area (Å²) in [6.07, 6.45) is 1.61. The van der Waals surface area contributed by atoms with Crippen LogP contribution in [-0.4, -0.2) is 29.0 Å². The van der Waals surface area contributed by atoms with Crippen molar-refractivity contribution in [3.8, 4) is 0 Å². The second-order valence-corrected chi connectivity index (χ2v) is 5.14. The summed E-state index contributed by atoms with van der Waals surface area (Å²) in [4.78, 5) is 29.2. The Bertz CT molecular complexity index is 783. The summed E-state index contributed by atoms with van der Waals surface area (Å²) in [5.74, 6) is 0.281. The van der Waals surface area contributed by atoms with Crippen LogP contribution in [0.3, 0.4) is 0 Å². The molecule has 1 heterocycles. The van der Waals surface area contributed by atoms with Crippen molar-refractivity contribution >= 4 is 24.1 Å². The van der Waals surface area contributed by atoms with Crippen molar-refractivity contribution in [2.75, 3.05) is 17.2 Å². The maximum absolute atomic E-state index is 12.0. The van der Waals surface area contributed by atoms with E-state index in [1.165, 1.54) is 11.1 Å². The third-order valence-electron chi connectivity index (χ3n) is 3.48. The quantitative estimate of drug-likeness (QED) is 0.458. The standard InChI is InChI=1S/C16H19N5O2/c1-10-3-4-12(7-11(10)2)9-19-16-20-13(8-17)14(15(23)21-16)18-5-6-22/h3-4,6-8,17-18H,5,9H2,1-2H3,(H2,19,20,21,23). The van der Waals surface area contributed by atoms with Crippen molar-refractivity contribution in [3.63, 3.8) is 0 Å². The molecule has 0 saturated heterocycles. The first-order valence-electron chi connectivity index (χ1n) is 7.17. The van der Waals surface area contributed by atoms with E-state index in [0.29, 0.717) is 12.8 Å². The first-order chi connectivity index (χ1) is 11.0. The zero-order valence-corrected chi connectivity index (χ0v) is 13.1. The van der Waals surface area contributed by atoms with Crippen molar-refractivity contribution in [3.05, 3.63) is 50.9 Å². The van der Waals surface area contributed by atoms with Crippen LogP contribution < -0.4 is 16.2 Å². The Kier molecular flexibility index (Phi) is 5.24. The number of aryl methyl sites for hydroxylation is 2. The van der Waals surface area contributed by atoms with E-state index in [9.17, 15) is 9.59 Å². The highest BCUT2D eigenvalue weighted by atomic mass is 16.1. The summed E-state index contributed by atoms with van der Waals surface area (Å²) < 4.78 is 0. The molecule has 120 valence electrons. The van der Waals surface area contributed by atoms with Gasteiger partial charge >= 0.3 is 0 Å². The molecule has 0 spiro atoms. The summed E-state index contributed by atoms with van der Waals surface area (Å²) in [7, 11) is 0. The molecule has 0 amide bonds. The van der Waals surface area contributed by atoms with Crippen LogP contribution in [0.25, 0.3) is 0 Å².